The predicted octanol–water partition coefficient (Wildman–Crippen LogP) is 3.69. The molecule has 0 spiro atoms. The van der Waals surface area contributed by atoms with Gasteiger partial charge in [0.2, 0.25) is 0 Å². The summed E-state index contributed by atoms with van der Waals surface area (Å²) in [5, 5.41) is 0. The lowest BCUT2D eigenvalue weighted by molar-refractivity contribution is 0.103. The third-order valence-corrected chi connectivity index (χ3v) is 3.15. The molecule has 0 fully saturated rings. The minimum atomic E-state index is -0.0172. The molecule has 0 aliphatic rings. The fourth-order valence-corrected chi connectivity index (χ4v) is 1.98. The Hall–Kier alpha value is -1.61. The van der Waals surface area contributed by atoms with E-state index in [2.05, 4.69) is 15.9 Å². The van der Waals surface area contributed by atoms with E-state index >= 15 is 0 Å². The first-order valence-electron chi connectivity index (χ1n) is 5.15. The lowest BCUT2D eigenvalue weighted by Gasteiger charge is -2.06. The number of hydrogen-bond donors (Lipinski definition) is 0. The van der Waals surface area contributed by atoms with Gasteiger partial charge in [0.15, 0.2) is 5.78 Å². The van der Waals surface area contributed by atoms with Crippen molar-refractivity contribution in [2.24, 2.45) is 0 Å². The van der Waals surface area contributed by atoms with Crippen LogP contribution in [0.4, 0.5) is 0 Å². The Balaban J connectivity index is 2.44. The van der Waals surface area contributed by atoms with Crippen LogP contribution in [0, 0.1) is 0 Å². The summed E-state index contributed by atoms with van der Waals surface area (Å²) in [4.78, 5) is 12.2. The summed E-state index contributed by atoms with van der Waals surface area (Å²) < 4.78 is 5.89. The van der Waals surface area contributed by atoms with Crippen molar-refractivity contribution in [3.8, 4) is 5.75 Å². The van der Waals surface area contributed by atoms with Crippen LogP contribution >= 0.6 is 15.9 Å². The van der Waals surface area contributed by atoms with Crippen LogP contribution in [0.15, 0.2) is 53.0 Å². The molecular weight excluding hydrogens is 280 g/mol. The molecule has 0 bridgehead atoms. The van der Waals surface area contributed by atoms with Gasteiger partial charge >= 0.3 is 0 Å². The smallest absolute Gasteiger partial charge is 0.194 e. The fraction of sp³-hybridized carbons (Fsp3) is 0.0714. The molecule has 2 aromatic rings. The van der Waals surface area contributed by atoms with Crippen LogP contribution in [0.1, 0.15) is 15.9 Å². The quantitative estimate of drug-likeness (QED) is 0.806. The summed E-state index contributed by atoms with van der Waals surface area (Å²) in [5.74, 6) is 0.656. The maximum atomic E-state index is 12.2. The summed E-state index contributed by atoms with van der Waals surface area (Å²) in [6.07, 6.45) is 0. The lowest BCUT2D eigenvalue weighted by Crippen LogP contribution is -2.02. The van der Waals surface area contributed by atoms with Gasteiger partial charge in [0, 0.05) is 15.6 Å². The van der Waals surface area contributed by atoms with Crippen LogP contribution in [0.5, 0.6) is 5.75 Å². The van der Waals surface area contributed by atoms with Crippen molar-refractivity contribution in [2.75, 3.05) is 7.11 Å². The van der Waals surface area contributed by atoms with Crippen molar-refractivity contribution in [3.63, 3.8) is 0 Å². The van der Waals surface area contributed by atoms with Crippen molar-refractivity contribution in [2.45, 2.75) is 0 Å². The standard InChI is InChI=1S/C14H11BrO2/c1-17-11-7-8-13(15)12(9-11)14(16)10-5-3-2-4-6-10/h2-9H,1H3. The Bertz CT molecular complexity index is 535. The first-order valence-corrected chi connectivity index (χ1v) is 5.95. The molecule has 0 amide bonds. The highest BCUT2D eigenvalue weighted by atomic mass is 79.9. The molecule has 0 heterocycles. The highest BCUT2D eigenvalue weighted by molar-refractivity contribution is 9.10. The van der Waals surface area contributed by atoms with Crippen LogP contribution in [0.3, 0.4) is 0 Å². The zero-order valence-corrected chi connectivity index (χ0v) is 10.9. The summed E-state index contributed by atoms with van der Waals surface area (Å²) >= 11 is 3.38. The van der Waals surface area contributed by atoms with Gasteiger partial charge < -0.3 is 4.74 Å². The first kappa shape index (κ1) is 11.9. The van der Waals surface area contributed by atoms with Gasteiger partial charge in [-0.2, -0.15) is 0 Å². The summed E-state index contributed by atoms with van der Waals surface area (Å²) in [6.45, 7) is 0. The van der Waals surface area contributed by atoms with Gasteiger partial charge in [-0.1, -0.05) is 46.3 Å². The number of ether oxygens (including phenoxy) is 1. The monoisotopic (exact) mass is 290 g/mol. The van der Waals surface area contributed by atoms with Gasteiger partial charge in [-0.15, -0.1) is 0 Å². The molecule has 0 N–H and O–H groups in total. The predicted molar refractivity (Wildman–Crippen MR) is 70.6 cm³/mol. The molecule has 3 heteroatoms. The average Bonchev–Trinajstić information content (AvgIpc) is 2.39. The van der Waals surface area contributed by atoms with E-state index in [4.69, 9.17) is 4.74 Å². The van der Waals surface area contributed by atoms with Gasteiger partial charge in [-0.05, 0) is 18.2 Å². The van der Waals surface area contributed by atoms with Crippen LogP contribution in [-0.2, 0) is 0 Å². The van der Waals surface area contributed by atoms with Gasteiger partial charge in [0.1, 0.15) is 5.75 Å². The summed E-state index contributed by atoms with van der Waals surface area (Å²) in [7, 11) is 1.58. The van der Waals surface area contributed by atoms with E-state index in [0.717, 1.165) is 4.47 Å². The van der Waals surface area contributed by atoms with Gasteiger partial charge in [0.25, 0.3) is 0 Å². The second kappa shape index (κ2) is 5.15. The molecule has 0 aromatic heterocycles. The topological polar surface area (TPSA) is 26.3 Å². The highest BCUT2D eigenvalue weighted by Gasteiger charge is 2.13. The number of methoxy groups -OCH3 is 1. The molecule has 0 unspecified atom stereocenters. The van der Waals surface area contributed by atoms with Crippen LogP contribution in [0.25, 0.3) is 0 Å². The zero-order valence-electron chi connectivity index (χ0n) is 9.31. The molecule has 0 atom stereocenters. The third kappa shape index (κ3) is 2.56. The summed E-state index contributed by atoms with van der Waals surface area (Å²) in [6, 6.07) is 14.5. The van der Waals surface area contributed by atoms with Gasteiger partial charge in [0.05, 0.1) is 7.11 Å². The maximum absolute atomic E-state index is 12.2. The molecule has 17 heavy (non-hydrogen) atoms. The molecule has 2 nitrogen and oxygen atoms in total. The molecule has 0 radical (unpaired) electrons. The number of carbonyl (C=O) groups excluding carboxylic acids is 1. The van der Waals surface area contributed by atoms with E-state index in [1.807, 2.05) is 30.3 Å². The molecule has 0 saturated carbocycles. The molecule has 2 rings (SSSR count). The van der Waals surface area contributed by atoms with Gasteiger partial charge in [-0.3, -0.25) is 4.79 Å². The Morgan fingerprint density at radius 2 is 1.82 bits per heavy atom. The maximum Gasteiger partial charge on any atom is 0.194 e. The van der Waals surface area contributed by atoms with E-state index in [1.54, 1.807) is 25.3 Å². The Morgan fingerprint density at radius 3 is 2.47 bits per heavy atom. The highest BCUT2D eigenvalue weighted by Crippen LogP contribution is 2.24. The second-order valence-corrected chi connectivity index (χ2v) is 4.40. The molecule has 0 aliphatic carbocycles. The van der Waals surface area contributed by atoms with Crippen molar-refractivity contribution >= 4 is 21.7 Å². The van der Waals surface area contributed by atoms with Crippen molar-refractivity contribution in [1.29, 1.82) is 0 Å². The Morgan fingerprint density at radius 1 is 1.12 bits per heavy atom. The van der Waals surface area contributed by atoms with Gasteiger partial charge in [-0.25, -0.2) is 0 Å². The Kier molecular flexibility index (Phi) is 3.59. The van der Waals surface area contributed by atoms with Crippen LogP contribution in [0.2, 0.25) is 0 Å². The molecule has 2 aromatic carbocycles. The molecule has 0 aliphatic heterocycles. The van der Waals surface area contributed by atoms with Crippen LogP contribution < -0.4 is 4.74 Å². The average molecular weight is 291 g/mol. The number of carbonyl (C=O) groups is 1. The summed E-state index contributed by atoms with van der Waals surface area (Å²) in [5.41, 5.74) is 1.28. The largest absolute Gasteiger partial charge is 0.497 e. The SMILES string of the molecule is COc1ccc(Br)c(C(=O)c2ccccc2)c1. The first-order chi connectivity index (χ1) is 8.22. The van der Waals surface area contributed by atoms with Crippen molar-refractivity contribution in [3.05, 3.63) is 64.1 Å². The van der Waals surface area contributed by atoms with E-state index in [-0.39, 0.29) is 5.78 Å². The zero-order chi connectivity index (χ0) is 12.3. The number of benzene rings is 2. The number of rotatable bonds is 3. The van der Waals surface area contributed by atoms with Crippen molar-refractivity contribution < 1.29 is 9.53 Å². The minimum absolute atomic E-state index is 0.0172. The molecule has 0 saturated heterocycles. The second-order valence-electron chi connectivity index (χ2n) is 3.54. The van der Waals surface area contributed by atoms with Crippen LogP contribution in [-0.4, -0.2) is 12.9 Å². The number of halogens is 1. The lowest BCUT2D eigenvalue weighted by atomic mass is 10.0. The van der Waals surface area contributed by atoms with E-state index < -0.39 is 0 Å². The van der Waals surface area contributed by atoms with E-state index in [0.29, 0.717) is 16.9 Å². The van der Waals surface area contributed by atoms with Crippen molar-refractivity contribution in [1.82, 2.24) is 0 Å². The minimum Gasteiger partial charge on any atom is -0.497 e. The normalized spacial score (nSPS) is 10.0. The molecule has 86 valence electrons. The molecular formula is C14H11BrO2. The van der Waals surface area contributed by atoms with E-state index in [9.17, 15) is 4.79 Å². The number of hydrogen-bond acceptors (Lipinski definition) is 2. The fourth-order valence-electron chi connectivity index (χ4n) is 1.55. The third-order valence-electron chi connectivity index (χ3n) is 2.45. The Labute approximate surface area is 108 Å². The number of ketones is 1. The van der Waals surface area contributed by atoms with E-state index in [1.165, 1.54) is 0 Å².